The molecule has 0 bridgehead atoms. The number of nitrogens with one attached hydrogen (secondary N) is 1. The number of aryl methyl sites for hydroxylation is 4. The summed E-state index contributed by atoms with van der Waals surface area (Å²) in [6, 6.07) is 4.71. The molecule has 0 saturated carbocycles. The minimum atomic E-state index is 0.269. The Kier molecular flexibility index (Phi) is 3.25. The molecule has 0 aliphatic carbocycles. The van der Waals surface area contributed by atoms with Crippen LogP contribution in [0.5, 0.6) is 0 Å². The first-order valence-corrected chi connectivity index (χ1v) is 6.33. The first kappa shape index (κ1) is 12.2. The molecule has 92 valence electrons. The Morgan fingerprint density at radius 1 is 1.24 bits per heavy atom. The molecule has 0 saturated heterocycles. The molecule has 2 rings (SSSR count). The van der Waals surface area contributed by atoms with Crippen molar-refractivity contribution < 1.29 is 0 Å². The van der Waals surface area contributed by atoms with Crippen molar-refractivity contribution in [2.75, 3.05) is 0 Å². The van der Waals surface area contributed by atoms with Gasteiger partial charge in [0.05, 0.1) is 0 Å². The van der Waals surface area contributed by atoms with Crippen molar-refractivity contribution in [3.05, 3.63) is 34.5 Å². The fourth-order valence-electron chi connectivity index (χ4n) is 2.39. The van der Waals surface area contributed by atoms with Crippen LogP contribution in [0.15, 0.2) is 12.1 Å². The zero-order valence-corrected chi connectivity index (χ0v) is 11.2. The predicted molar refractivity (Wildman–Crippen MR) is 74.5 cm³/mol. The van der Waals surface area contributed by atoms with E-state index in [1.165, 1.54) is 33.3 Å². The number of fused-ring (bicyclic) bond motifs is 1. The van der Waals surface area contributed by atoms with Gasteiger partial charge in [-0.25, -0.2) is 0 Å². The maximum absolute atomic E-state index is 5.85. The van der Waals surface area contributed by atoms with Crippen LogP contribution >= 0.6 is 0 Å². The number of hydrogen-bond acceptors (Lipinski definition) is 1. The van der Waals surface area contributed by atoms with Crippen LogP contribution < -0.4 is 5.73 Å². The van der Waals surface area contributed by atoms with Crippen LogP contribution in [0.4, 0.5) is 0 Å². The third kappa shape index (κ3) is 2.22. The first-order chi connectivity index (χ1) is 8.00. The van der Waals surface area contributed by atoms with Gasteiger partial charge in [0.25, 0.3) is 0 Å². The van der Waals surface area contributed by atoms with Crippen molar-refractivity contribution in [2.24, 2.45) is 5.73 Å². The Bertz CT molecular complexity index is 535. The largest absolute Gasteiger partial charge is 0.358 e. The van der Waals surface area contributed by atoms with Gasteiger partial charge in [-0.1, -0.05) is 12.1 Å². The van der Waals surface area contributed by atoms with Crippen LogP contribution in [0.2, 0.25) is 0 Å². The maximum atomic E-state index is 5.85. The van der Waals surface area contributed by atoms with Crippen molar-refractivity contribution in [3.63, 3.8) is 0 Å². The molecule has 2 heteroatoms. The van der Waals surface area contributed by atoms with Crippen LogP contribution in [0.3, 0.4) is 0 Å². The third-order valence-electron chi connectivity index (χ3n) is 3.68. The van der Waals surface area contributed by atoms with Crippen LogP contribution in [-0.2, 0) is 6.42 Å². The molecule has 3 N–H and O–H groups in total. The lowest BCUT2D eigenvalue weighted by atomic mass is 10.0. The maximum Gasteiger partial charge on any atom is 0.0491 e. The second-order valence-electron chi connectivity index (χ2n) is 5.17. The average molecular weight is 230 g/mol. The Hall–Kier alpha value is -1.28. The smallest absolute Gasteiger partial charge is 0.0491 e. The Morgan fingerprint density at radius 2 is 1.94 bits per heavy atom. The molecular weight excluding hydrogens is 208 g/mol. The number of aromatic amines is 1. The minimum absolute atomic E-state index is 0.269. The van der Waals surface area contributed by atoms with Gasteiger partial charge in [-0.3, -0.25) is 0 Å². The van der Waals surface area contributed by atoms with E-state index in [0.29, 0.717) is 0 Å². The molecule has 0 spiro atoms. The van der Waals surface area contributed by atoms with Crippen molar-refractivity contribution >= 4 is 10.9 Å². The molecule has 0 aliphatic heterocycles. The molecule has 2 aromatic rings. The third-order valence-corrected chi connectivity index (χ3v) is 3.68. The number of nitrogens with two attached hydrogens (primary N) is 1. The fourth-order valence-corrected chi connectivity index (χ4v) is 2.39. The molecule has 17 heavy (non-hydrogen) atoms. The first-order valence-electron chi connectivity index (χ1n) is 6.33. The van der Waals surface area contributed by atoms with Crippen LogP contribution in [-0.4, -0.2) is 11.0 Å². The Morgan fingerprint density at radius 3 is 2.59 bits per heavy atom. The summed E-state index contributed by atoms with van der Waals surface area (Å²) in [5.74, 6) is 0. The van der Waals surface area contributed by atoms with E-state index in [1.54, 1.807) is 0 Å². The topological polar surface area (TPSA) is 41.8 Å². The standard InChI is InChI=1S/C15H22N2/c1-9-5-7-14-13(8-6-10(2)16)12(4)17-15(14)11(9)3/h5,7,10,17H,6,8,16H2,1-4H3. The molecular formula is C15H22N2. The lowest BCUT2D eigenvalue weighted by molar-refractivity contribution is 0.666. The molecule has 1 aromatic carbocycles. The normalized spacial score (nSPS) is 13.2. The Labute approximate surface area is 103 Å². The van der Waals surface area contributed by atoms with E-state index in [2.05, 4.69) is 44.8 Å². The van der Waals surface area contributed by atoms with E-state index in [1.807, 2.05) is 0 Å². The van der Waals surface area contributed by atoms with Crippen molar-refractivity contribution in [1.82, 2.24) is 4.98 Å². The average Bonchev–Trinajstić information content (AvgIpc) is 2.58. The highest BCUT2D eigenvalue weighted by Crippen LogP contribution is 2.27. The summed E-state index contributed by atoms with van der Waals surface area (Å²) >= 11 is 0. The second kappa shape index (κ2) is 4.53. The summed E-state index contributed by atoms with van der Waals surface area (Å²) in [6.45, 7) is 8.57. The molecule has 1 heterocycles. The molecule has 1 aromatic heterocycles. The molecule has 1 unspecified atom stereocenters. The van der Waals surface area contributed by atoms with Gasteiger partial charge in [0.15, 0.2) is 0 Å². The summed E-state index contributed by atoms with van der Waals surface area (Å²) in [6.07, 6.45) is 2.10. The summed E-state index contributed by atoms with van der Waals surface area (Å²) < 4.78 is 0. The van der Waals surface area contributed by atoms with Gasteiger partial charge in [-0.05, 0) is 57.2 Å². The highest BCUT2D eigenvalue weighted by Gasteiger charge is 2.11. The molecule has 0 aliphatic rings. The van der Waals surface area contributed by atoms with E-state index in [9.17, 15) is 0 Å². The van der Waals surface area contributed by atoms with Gasteiger partial charge in [0, 0.05) is 22.6 Å². The van der Waals surface area contributed by atoms with Gasteiger partial charge in [0.2, 0.25) is 0 Å². The minimum Gasteiger partial charge on any atom is -0.358 e. The quantitative estimate of drug-likeness (QED) is 0.834. The second-order valence-corrected chi connectivity index (χ2v) is 5.17. The zero-order valence-electron chi connectivity index (χ0n) is 11.2. The van der Waals surface area contributed by atoms with Gasteiger partial charge < -0.3 is 10.7 Å². The Balaban J connectivity index is 2.49. The molecule has 2 nitrogen and oxygen atoms in total. The lowest BCUT2D eigenvalue weighted by Crippen LogP contribution is -2.15. The van der Waals surface area contributed by atoms with Gasteiger partial charge in [-0.2, -0.15) is 0 Å². The van der Waals surface area contributed by atoms with Gasteiger partial charge in [0.1, 0.15) is 0 Å². The van der Waals surface area contributed by atoms with Crippen molar-refractivity contribution in [1.29, 1.82) is 0 Å². The highest BCUT2D eigenvalue weighted by molar-refractivity contribution is 5.88. The van der Waals surface area contributed by atoms with Gasteiger partial charge >= 0.3 is 0 Å². The van der Waals surface area contributed by atoms with E-state index >= 15 is 0 Å². The van der Waals surface area contributed by atoms with E-state index < -0.39 is 0 Å². The van der Waals surface area contributed by atoms with Crippen LogP contribution in [0.25, 0.3) is 10.9 Å². The number of aromatic nitrogens is 1. The summed E-state index contributed by atoms with van der Waals surface area (Å²) in [7, 11) is 0. The number of H-pyrrole nitrogens is 1. The number of hydrogen-bond donors (Lipinski definition) is 2. The van der Waals surface area contributed by atoms with Crippen molar-refractivity contribution in [2.45, 2.75) is 46.6 Å². The SMILES string of the molecule is Cc1ccc2c(CCC(C)N)c(C)[nH]c2c1C. The summed E-state index contributed by atoms with van der Waals surface area (Å²) in [5, 5.41) is 1.37. The van der Waals surface area contributed by atoms with Crippen LogP contribution in [0.1, 0.15) is 35.7 Å². The monoisotopic (exact) mass is 230 g/mol. The summed E-state index contributed by atoms with van der Waals surface area (Å²) in [4.78, 5) is 3.52. The van der Waals surface area contributed by atoms with Gasteiger partial charge in [-0.15, -0.1) is 0 Å². The fraction of sp³-hybridized carbons (Fsp3) is 0.467. The predicted octanol–water partition coefficient (Wildman–Crippen LogP) is 3.37. The molecule has 0 fully saturated rings. The molecule has 0 amide bonds. The lowest BCUT2D eigenvalue weighted by Gasteiger charge is -2.06. The number of benzene rings is 1. The van der Waals surface area contributed by atoms with Crippen LogP contribution in [0, 0.1) is 20.8 Å². The van der Waals surface area contributed by atoms with E-state index in [4.69, 9.17) is 5.73 Å². The van der Waals surface area contributed by atoms with Crippen molar-refractivity contribution in [3.8, 4) is 0 Å². The molecule has 1 atom stereocenters. The number of rotatable bonds is 3. The summed E-state index contributed by atoms with van der Waals surface area (Å²) in [5.41, 5.74) is 12.6. The van der Waals surface area contributed by atoms with E-state index in [-0.39, 0.29) is 6.04 Å². The molecule has 0 radical (unpaired) electrons. The zero-order chi connectivity index (χ0) is 12.6. The van der Waals surface area contributed by atoms with E-state index in [0.717, 1.165) is 12.8 Å². The highest BCUT2D eigenvalue weighted by atomic mass is 14.7.